The van der Waals surface area contributed by atoms with Crippen LogP contribution in [0.15, 0.2) is 103 Å². The quantitative estimate of drug-likeness (QED) is 0.331. The minimum atomic E-state index is -0.181. The van der Waals surface area contributed by atoms with E-state index in [0.717, 1.165) is 22.4 Å². The molecule has 5 heteroatoms. The van der Waals surface area contributed by atoms with Gasteiger partial charge in [0.05, 0.1) is 5.69 Å². The van der Waals surface area contributed by atoms with Gasteiger partial charge in [-0.3, -0.25) is 9.78 Å². The average molecular weight is 423 g/mol. The first-order valence-electron chi connectivity index (χ1n) is 9.83. The second kappa shape index (κ2) is 8.42. The predicted molar refractivity (Wildman–Crippen MR) is 126 cm³/mol. The summed E-state index contributed by atoms with van der Waals surface area (Å²) in [4.78, 5) is 17.3. The van der Waals surface area contributed by atoms with E-state index in [1.165, 1.54) is 4.70 Å². The van der Waals surface area contributed by atoms with Gasteiger partial charge in [-0.05, 0) is 54.6 Å². The summed E-state index contributed by atoms with van der Waals surface area (Å²) in [5.41, 5.74) is 3.09. The van der Waals surface area contributed by atoms with Crippen molar-refractivity contribution >= 4 is 33.0 Å². The number of anilines is 1. The summed E-state index contributed by atoms with van der Waals surface area (Å²) < 4.78 is 7.00. The number of carbonyl (C=O) groups is 1. The average Bonchev–Trinajstić information content (AvgIpc) is 3.25. The molecule has 5 rings (SSSR count). The van der Waals surface area contributed by atoms with Crippen molar-refractivity contribution in [3.63, 3.8) is 0 Å². The van der Waals surface area contributed by atoms with Crippen LogP contribution in [0.1, 0.15) is 10.4 Å². The molecule has 0 saturated heterocycles. The second-order valence-corrected chi connectivity index (χ2v) is 7.88. The van der Waals surface area contributed by atoms with Crippen LogP contribution in [0.5, 0.6) is 11.5 Å². The minimum Gasteiger partial charge on any atom is -0.457 e. The highest BCUT2D eigenvalue weighted by Gasteiger charge is 2.12. The summed E-state index contributed by atoms with van der Waals surface area (Å²) in [6.07, 6.45) is 1.67. The van der Waals surface area contributed by atoms with Gasteiger partial charge in [-0.25, -0.2) is 0 Å². The fourth-order valence-electron chi connectivity index (χ4n) is 3.33. The third kappa shape index (κ3) is 4.17. The zero-order chi connectivity index (χ0) is 21.0. The number of nitrogens with one attached hydrogen (secondary N) is 1. The number of hydrogen-bond donors (Lipinski definition) is 1. The summed E-state index contributed by atoms with van der Waals surface area (Å²) in [7, 11) is 0. The van der Waals surface area contributed by atoms with Crippen LogP contribution in [0.4, 0.5) is 5.69 Å². The molecule has 0 atom stereocenters. The van der Waals surface area contributed by atoms with Gasteiger partial charge in [-0.1, -0.05) is 36.4 Å². The van der Waals surface area contributed by atoms with Crippen LogP contribution < -0.4 is 10.1 Å². The predicted octanol–water partition coefficient (Wildman–Crippen LogP) is 7.01. The van der Waals surface area contributed by atoms with Crippen LogP contribution in [0.25, 0.3) is 21.3 Å². The van der Waals surface area contributed by atoms with E-state index in [1.54, 1.807) is 23.6 Å². The van der Waals surface area contributed by atoms with Gasteiger partial charge in [0.1, 0.15) is 11.5 Å². The highest BCUT2D eigenvalue weighted by atomic mass is 32.1. The van der Waals surface area contributed by atoms with Gasteiger partial charge in [0.2, 0.25) is 0 Å². The molecule has 0 fully saturated rings. The Hall–Kier alpha value is -3.96. The van der Waals surface area contributed by atoms with Gasteiger partial charge in [-0.15, -0.1) is 11.3 Å². The molecule has 5 aromatic rings. The summed E-state index contributed by atoms with van der Waals surface area (Å²) in [6.45, 7) is 0. The van der Waals surface area contributed by atoms with Crippen LogP contribution >= 0.6 is 11.3 Å². The minimum absolute atomic E-state index is 0.181. The van der Waals surface area contributed by atoms with Crippen LogP contribution in [-0.4, -0.2) is 10.9 Å². The number of para-hydroxylation sites is 1. The van der Waals surface area contributed by atoms with Crippen LogP contribution in [0.2, 0.25) is 0 Å². The van der Waals surface area contributed by atoms with Crippen molar-refractivity contribution in [2.45, 2.75) is 0 Å². The summed E-state index contributed by atoms with van der Waals surface area (Å²) >= 11 is 1.68. The Labute approximate surface area is 183 Å². The lowest BCUT2D eigenvalue weighted by Gasteiger charge is -2.09. The van der Waals surface area contributed by atoms with Crippen molar-refractivity contribution < 1.29 is 9.53 Å². The summed E-state index contributed by atoms with van der Waals surface area (Å²) in [5, 5.41) is 6.17. The molecule has 0 spiro atoms. The maximum atomic E-state index is 12.8. The first kappa shape index (κ1) is 19.0. The fourth-order valence-corrected chi connectivity index (χ4v) is 4.28. The van der Waals surface area contributed by atoms with Crippen molar-refractivity contribution in [3.8, 4) is 22.8 Å². The van der Waals surface area contributed by atoms with E-state index >= 15 is 0 Å². The molecule has 0 bridgehead atoms. The van der Waals surface area contributed by atoms with E-state index in [-0.39, 0.29) is 5.91 Å². The van der Waals surface area contributed by atoms with Crippen molar-refractivity contribution in [1.29, 1.82) is 0 Å². The standard InChI is InChI=1S/C26H18N2O2S/c29-26(28-19-10-12-21(13-11-19)30-20-6-2-1-3-7-20)18-14-15-27-24(16-18)23-17-31-25-9-5-4-8-22(23)25/h1-17H,(H,28,29). The van der Waals surface area contributed by atoms with Crippen molar-refractivity contribution in [1.82, 2.24) is 4.98 Å². The Bertz CT molecular complexity index is 1350. The van der Waals surface area contributed by atoms with Crippen molar-refractivity contribution in [2.24, 2.45) is 0 Å². The highest BCUT2D eigenvalue weighted by Crippen LogP contribution is 2.33. The van der Waals surface area contributed by atoms with E-state index in [9.17, 15) is 4.79 Å². The van der Waals surface area contributed by atoms with Crippen molar-refractivity contribution in [2.75, 3.05) is 5.32 Å². The van der Waals surface area contributed by atoms with E-state index in [4.69, 9.17) is 4.74 Å². The van der Waals surface area contributed by atoms with Gasteiger partial charge >= 0.3 is 0 Å². The number of carbonyl (C=O) groups excluding carboxylic acids is 1. The smallest absolute Gasteiger partial charge is 0.255 e. The number of aromatic nitrogens is 1. The normalized spacial score (nSPS) is 10.7. The molecule has 0 unspecified atom stereocenters. The molecule has 3 aromatic carbocycles. The Morgan fingerprint density at radius 1 is 0.839 bits per heavy atom. The van der Waals surface area contributed by atoms with Gasteiger partial charge in [0.15, 0.2) is 0 Å². The van der Waals surface area contributed by atoms with E-state index < -0.39 is 0 Å². The highest BCUT2D eigenvalue weighted by molar-refractivity contribution is 7.17. The van der Waals surface area contributed by atoms with E-state index in [1.807, 2.05) is 72.8 Å². The maximum absolute atomic E-state index is 12.8. The molecular formula is C26H18N2O2S. The molecule has 0 aliphatic heterocycles. The Morgan fingerprint density at radius 2 is 1.58 bits per heavy atom. The number of nitrogens with zero attached hydrogens (tertiary/aromatic N) is 1. The third-order valence-electron chi connectivity index (χ3n) is 4.87. The lowest BCUT2D eigenvalue weighted by Crippen LogP contribution is -2.12. The second-order valence-electron chi connectivity index (χ2n) is 6.97. The molecule has 0 radical (unpaired) electrons. The summed E-state index contributed by atoms with van der Waals surface area (Å²) in [5.74, 6) is 1.30. The number of pyridine rings is 1. The largest absolute Gasteiger partial charge is 0.457 e. The first-order valence-corrected chi connectivity index (χ1v) is 10.7. The van der Waals surface area contributed by atoms with E-state index in [0.29, 0.717) is 17.0 Å². The lowest BCUT2D eigenvalue weighted by molar-refractivity contribution is 0.102. The number of hydrogen-bond acceptors (Lipinski definition) is 4. The summed E-state index contributed by atoms with van der Waals surface area (Å²) in [6, 6.07) is 28.6. The molecule has 150 valence electrons. The molecule has 31 heavy (non-hydrogen) atoms. The SMILES string of the molecule is O=C(Nc1ccc(Oc2ccccc2)cc1)c1ccnc(-c2csc3ccccc23)c1. The van der Waals surface area contributed by atoms with Crippen LogP contribution in [0.3, 0.4) is 0 Å². The molecule has 2 aromatic heterocycles. The Morgan fingerprint density at radius 3 is 2.42 bits per heavy atom. The molecule has 1 N–H and O–H groups in total. The zero-order valence-electron chi connectivity index (χ0n) is 16.5. The third-order valence-corrected chi connectivity index (χ3v) is 5.83. The molecule has 0 aliphatic carbocycles. The van der Waals surface area contributed by atoms with Crippen LogP contribution in [-0.2, 0) is 0 Å². The van der Waals surface area contributed by atoms with Crippen LogP contribution in [0, 0.1) is 0 Å². The van der Waals surface area contributed by atoms with Gasteiger partial charge in [0, 0.05) is 38.5 Å². The van der Waals surface area contributed by atoms with Crippen molar-refractivity contribution in [3.05, 3.63) is 108 Å². The Kier molecular flexibility index (Phi) is 5.17. The lowest BCUT2D eigenvalue weighted by atomic mass is 10.1. The number of rotatable bonds is 5. The van der Waals surface area contributed by atoms with Gasteiger partial charge in [-0.2, -0.15) is 0 Å². The molecule has 2 heterocycles. The number of ether oxygens (including phenoxy) is 1. The first-order chi connectivity index (χ1) is 15.3. The van der Waals surface area contributed by atoms with Gasteiger partial charge in [0.25, 0.3) is 5.91 Å². The van der Waals surface area contributed by atoms with Gasteiger partial charge < -0.3 is 10.1 Å². The number of amides is 1. The number of thiophene rings is 1. The molecular weight excluding hydrogens is 404 g/mol. The molecule has 0 aliphatic rings. The van der Waals surface area contributed by atoms with E-state index in [2.05, 4.69) is 27.8 Å². The molecule has 0 saturated carbocycles. The topological polar surface area (TPSA) is 51.2 Å². The maximum Gasteiger partial charge on any atom is 0.255 e. The Balaban J connectivity index is 1.32. The fraction of sp³-hybridized carbons (Fsp3) is 0. The molecule has 1 amide bonds. The number of benzene rings is 3. The monoisotopic (exact) mass is 422 g/mol. The molecule has 4 nitrogen and oxygen atoms in total. The zero-order valence-corrected chi connectivity index (χ0v) is 17.3. The number of fused-ring (bicyclic) bond motifs is 1.